The summed E-state index contributed by atoms with van der Waals surface area (Å²) in [4.78, 5) is 5.69. The van der Waals surface area contributed by atoms with Crippen molar-refractivity contribution in [3.8, 4) is 11.3 Å². The van der Waals surface area contributed by atoms with Crippen LogP contribution in [0.4, 0.5) is 5.69 Å². The lowest BCUT2D eigenvalue weighted by Gasteiger charge is -2.09. The maximum atomic E-state index is 6.42. The molecule has 2 heterocycles. The van der Waals surface area contributed by atoms with Crippen LogP contribution in [0.15, 0.2) is 87.8 Å². The molecule has 2 aromatic heterocycles. The standard InChI is InChI=1S/C20H15ClN2OS.BrH/c21-18-11-5-4-10-17(18)19-14-25-20(22-15-7-2-1-3-8-15)23(19)13-16-9-6-12-24-16;/h1-12,14H,13H2;1H. The van der Waals surface area contributed by atoms with Gasteiger partial charge in [0.2, 0.25) is 0 Å². The van der Waals surface area contributed by atoms with Crippen LogP contribution < -0.4 is 4.80 Å². The number of nitrogens with zero attached hydrogens (tertiary/aromatic N) is 2. The predicted molar refractivity (Wildman–Crippen MR) is 113 cm³/mol. The maximum Gasteiger partial charge on any atom is 0.190 e. The summed E-state index contributed by atoms with van der Waals surface area (Å²) < 4.78 is 7.68. The van der Waals surface area contributed by atoms with Gasteiger partial charge in [0.1, 0.15) is 5.76 Å². The van der Waals surface area contributed by atoms with Gasteiger partial charge in [0.15, 0.2) is 4.80 Å². The molecule has 3 nitrogen and oxygen atoms in total. The lowest BCUT2D eigenvalue weighted by molar-refractivity contribution is 0.492. The first-order valence-electron chi connectivity index (χ1n) is 7.86. The van der Waals surface area contributed by atoms with Gasteiger partial charge < -0.3 is 8.98 Å². The van der Waals surface area contributed by atoms with Crippen LogP contribution in [0.2, 0.25) is 5.02 Å². The topological polar surface area (TPSA) is 30.4 Å². The summed E-state index contributed by atoms with van der Waals surface area (Å²) in [5.41, 5.74) is 2.94. The highest BCUT2D eigenvalue weighted by Gasteiger charge is 2.12. The van der Waals surface area contributed by atoms with Gasteiger partial charge in [0, 0.05) is 16.0 Å². The number of hydrogen-bond acceptors (Lipinski definition) is 3. The molecule has 0 unspecified atom stereocenters. The second kappa shape index (κ2) is 8.54. The van der Waals surface area contributed by atoms with Crippen molar-refractivity contribution >= 4 is 45.6 Å². The van der Waals surface area contributed by atoms with Crippen molar-refractivity contribution in [1.29, 1.82) is 0 Å². The summed E-state index contributed by atoms with van der Waals surface area (Å²) in [5.74, 6) is 0.876. The number of furan rings is 1. The summed E-state index contributed by atoms with van der Waals surface area (Å²) in [5, 5.41) is 2.81. The normalized spacial score (nSPS) is 11.3. The third-order valence-corrected chi connectivity index (χ3v) is 5.02. The van der Waals surface area contributed by atoms with E-state index in [0.29, 0.717) is 6.54 Å². The van der Waals surface area contributed by atoms with Crippen molar-refractivity contribution in [2.24, 2.45) is 4.99 Å². The quantitative estimate of drug-likeness (QED) is 0.360. The number of aromatic nitrogens is 1. The van der Waals surface area contributed by atoms with Crippen molar-refractivity contribution in [3.63, 3.8) is 0 Å². The monoisotopic (exact) mass is 446 g/mol. The maximum absolute atomic E-state index is 6.42. The van der Waals surface area contributed by atoms with E-state index in [9.17, 15) is 0 Å². The Balaban J connectivity index is 0.00000196. The Morgan fingerprint density at radius 1 is 0.962 bits per heavy atom. The Kier molecular flexibility index (Phi) is 6.14. The fourth-order valence-electron chi connectivity index (χ4n) is 2.63. The smallest absolute Gasteiger partial charge is 0.190 e. The van der Waals surface area contributed by atoms with Crippen LogP contribution >= 0.6 is 39.9 Å². The summed E-state index contributed by atoms with van der Waals surface area (Å²) in [6.45, 7) is 0.600. The summed E-state index contributed by atoms with van der Waals surface area (Å²) in [6, 6.07) is 21.6. The first-order chi connectivity index (χ1) is 12.3. The van der Waals surface area contributed by atoms with E-state index in [-0.39, 0.29) is 17.0 Å². The zero-order chi connectivity index (χ0) is 17.1. The summed E-state index contributed by atoms with van der Waals surface area (Å²) >= 11 is 8.01. The fraction of sp³-hybridized carbons (Fsp3) is 0.0500. The predicted octanol–water partition coefficient (Wildman–Crippen LogP) is 6.32. The third kappa shape index (κ3) is 4.01. The van der Waals surface area contributed by atoms with Crippen molar-refractivity contribution in [1.82, 2.24) is 4.57 Å². The minimum absolute atomic E-state index is 0. The third-order valence-electron chi connectivity index (χ3n) is 3.82. The van der Waals surface area contributed by atoms with Gasteiger partial charge in [-0.3, -0.25) is 0 Å². The Morgan fingerprint density at radius 2 is 1.73 bits per heavy atom. The molecular formula is C20H16BrClN2OS. The Bertz CT molecular complexity index is 1040. The van der Waals surface area contributed by atoms with E-state index in [4.69, 9.17) is 21.0 Å². The highest BCUT2D eigenvalue weighted by Crippen LogP contribution is 2.28. The van der Waals surface area contributed by atoms with Crippen LogP contribution in [0, 0.1) is 0 Å². The molecule has 2 aromatic carbocycles. The van der Waals surface area contributed by atoms with E-state index < -0.39 is 0 Å². The molecule has 0 fully saturated rings. The van der Waals surface area contributed by atoms with Gasteiger partial charge in [-0.15, -0.1) is 28.3 Å². The Labute approximate surface area is 171 Å². The lowest BCUT2D eigenvalue weighted by atomic mass is 10.1. The number of hydrogen-bond donors (Lipinski definition) is 0. The molecule has 0 radical (unpaired) electrons. The van der Waals surface area contributed by atoms with Gasteiger partial charge in [0.25, 0.3) is 0 Å². The summed E-state index contributed by atoms with van der Waals surface area (Å²) in [7, 11) is 0. The average Bonchev–Trinajstić information content (AvgIpc) is 3.28. The number of para-hydroxylation sites is 1. The zero-order valence-electron chi connectivity index (χ0n) is 13.7. The van der Waals surface area contributed by atoms with Gasteiger partial charge in [-0.05, 0) is 30.3 Å². The van der Waals surface area contributed by atoms with E-state index in [2.05, 4.69) is 9.95 Å². The van der Waals surface area contributed by atoms with E-state index in [1.165, 1.54) is 0 Å². The lowest BCUT2D eigenvalue weighted by Crippen LogP contribution is -2.16. The minimum atomic E-state index is 0. The van der Waals surface area contributed by atoms with Crippen LogP contribution in [0.1, 0.15) is 5.76 Å². The van der Waals surface area contributed by atoms with Gasteiger partial charge in [-0.25, -0.2) is 4.99 Å². The molecule has 0 bridgehead atoms. The highest BCUT2D eigenvalue weighted by atomic mass is 79.9. The molecule has 0 amide bonds. The number of benzene rings is 2. The molecule has 0 aliphatic rings. The molecule has 0 spiro atoms. The molecule has 4 aromatic rings. The highest BCUT2D eigenvalue weighted by molar-refractivity contribution is 8.93. The molecule has 6 heteroatoms. The van der Waals surface area contributed by atoms with E-state index >= 15 is 0 Å². The van der Waals surface area contributed by atoms with E-state index in [0.717, 1.165) is 32.5 Å². The summed E-state index contributed by atoms with van der Waals surface area (Å²) in [6.07, 6.45) is 1.69. The number of rotatable bonds is 4. The molecule has 0 aliphatic carbocycles. The van der Waals surface area contributed by atoms with Gasteiger partial charge in [0.05, 0.1) is 24.2 Å². The van der Waals surface area contributed by atoms with Crippen LogP contribution in [-0.2, 0) is 6.54 Å². The molecular weight excluding hydrogens is 432 g/mol. The van der Waals surface area contributed by atoms with Crippen LogP contribution in [0.25, 0.3) is 11.3 Å². The molecule has 0 atom stereocenters. The van der Waals surface area contributed by atoms with Crippen molar-refractivity contribution in [2.75, 3.05) is 0 Å². The molecule has 26 heavy (non-hydrogen) atoms. The minimum Gasteiger partial charge on any atom is -0.467 e. The largest absolute Gasteiger partial charge is 0.467 e. The first kappa shape index (κ1) is 18.7. The molecule has 0 N–H and O–H groups in total. The van der Waals surface area contributed by atoms with Gasteiger partial charge in [-0.1, -0.05) is 48.0 Å². The second-order valence-corrected chi connectivity index (χ2v) is 6.74. The molecule has 0 saturated carbocycles. The Hall–Kier alpha value is -2.08. The Morgan fingerprint density at radius 3 is 2.46 bits per heavy atom. The van der Waals surface area contributed by atoms with Crippen LogP contribution in [0.3, 0.4) is 0 Å². The molecule has 0 aliphatic heterocycles. The zero-order valence-corrected chi connectivity index (χ0v) is 17.0. The molecule has 132 valence electrons. The number of halogens is 2. The SMILES string of the molecule is Br.Clc1ccccc1-c1csc(=Nc2ccccc2)n1Cc1ccco1. The van der Waals surface area contributed by atoms with Gasteiger partial charge in [-0.2, -0.15) is 0 Å². The van der Waals surface area contributed by atoms with E-state index in [1.54, 1.807) is 17.6 Å². The van der Waals surface area contributed by atoms with Crippen LogP contribution in [-0.4, -0.2) is 4.57 Å². The van der Waals surface area contributed by atoms with Crippen molar-refractivity contribution in [3.05, 3.63) is 94.0 Å². The number of thiazole rings is 1. The van der Waals surface area contributed by atoms with Crippen molar-refractivity contribution in [2.45, 2.75) is 6.54 Å². The molecule has 0 saturated heterocycles. The van der Waals surface area contributed by atoms with Crippen molar-refractivity contribution < 1.29 is 4.42 Å². The average molecular weight is 448 g/mol. The van der Waals surface area contributed by atoms with Crippen LogP contribution in [0.5, 0.6) is 0 Å². The fourth-order valence-corrected chi connectivity index (χ4v) is 3.78. The van der Waals surface area contributed by atoms with E-state index in [1.807, 2.05) is 66.7 Å². The first-order valence-corrected chi connectivity index (χ1v) is 9.12. The van der Waals surface area contributed by atoms with Gasteiger partial charge >= 0.3 is 0 Å². The second-order valence-electron chi connectivity index (χ2n) is 5.50. The molecule has 4 rings (SSSR count).